The Hall–Kier alpha value is -2.24. The van der Waals surface area contributed by atoms with Gasteiger partial charge in [0.15, 0.2) is 6.61 Å². The summed E-state index contributed by atoms with van der Waals surface area (Å²) in [5, 5.41) is 11.8. The Kier molecular flexibility index (Phi) is 3.68. The van der Waals surface area contributed by atoms with Crippen LogP contribution < -0.4 is 10.1 Å². The van der Waals surface area contributed by atoms with Crippen molar-refractivity contribution in [1.29, 1.82) is 0 Å². The molecule has 2 amide bonds. The zero-order valence-corrected chi connectivity index (χ0v) is 11.7. The molecule has 0 spiro atoms. The molecule has 0 radical (unpaired) electrons. The molecule has 1 fully saturated rings. The van der Waals surface area contributed by atoms with E-state index in [0.717, 1.165) is 36.3 Å². The van der Waals surface area contributed by atoms with Gasteiger partial charge in [-0.15, -0.1) is 0 Å². The Morgan fingerprint density at radius 3 is 2.86 bits per heavy atom. The van der Waals surface area contributed by atoms with Crippen molar-refractivity contribution >= 4 is 17.7 Å². The zero-order valence-electron chi connectivity index (χ0n) is 11.7. The van der Waals surface area contributed by atoms with Crippen LogP contribution in [0.3, 0.4) is 0 Å². The Bertz CT molecular complexity index is 565. The molecule has 0 saturated carbocycles. The van der Waals surface area contributed by atoms with Crippen molar-refractivity contribution in [2.75, 3.05) is 25.0 Å². The minimum absolute atomic E-state index is 0.0570. The number of nitrogens with one attached hydrogen (secondary N) is 1. The van der Waals surface area contributed by atoms with Crippen molar-refractivity contribution in [2.24, 2.45) is 5.92 Å². The van der Waals surface area contributed by atoms with Gasteiger partial charge in [0, 0.05) is 13.1 Å². The van der Waals surface area contributed by atoms with Crippen molar-refractivity contribution in [1.82, 2.24) is 4.90 Å². The fraction of sp³-hybridized carbons (Fsp3) is 0.467. The number of amides is 2. The van der Waals surface area contributed by atoms with Crippen molar-refractivity contribution in [3.63, 3.8) is 0 Å². The highest BCUT2D eigenvalue weighted by Gasteiger charge is 2.25. The maximum atomic E-state index is 11.3. The number of hydrogen-bond donors (Lipinski definition) is 2. The van der Waals surface area contributed by atoms with Crippen LogP contribution in [0.25, 0.3) is 0 Å². The van der Waals surface area contributed by atoms with Gasteiger partial charge >= 0.3 is 6.09 Å². The van der Waals surface area contributed by atoms with Crippen molar-refractivity contribution in [3.05, 3.63) is 23.8 Å². The van der Waals surface area contributed by atoms with E-state index in [9.17, 15) is 9.59 Å². The Balaban J connectivity index is 1.68. The highest BCUT2D eigenvalue weighted by Crippen LogP contribution is 2.34. The van der Waals surface area contributed by atoms with Crippen molar-refractivity contribution in [2.45, 2.75) is 19.3 Å². The molecule has 0 unspecified atom stereocenters. The van der Waals surface area contributed by atoms with E-state index >= 15 is 0 Å². The number of carboxylic acid groups (broad SMARTS) is 1. The van der Waals surface area contributed by atoms with E-state index in [1.165, 1.54) is 4.90 Å². The summed E-state index contributed by atoms with van der Waals surface area (Å²) in [6.07, 6.45) is 1.74. The van der Waals surface area contributed by atoms with Gasteiger partial charge in [0.1, 0.15) is 5.75 Å². The van der Waals surface area contributed by atoms with Gasteiger partial charge in [0.2, 0.25) is 0 Å². The van der Waals surface area contributed by atoms with Crippen molar-refractivity contribution < 1.29 is 19.4 Å². The van der Waals surface area contributed by atoms with Crippen LogP contribution in [0, 0.1) is 5.92 Å². The summed E-state index contributed by atoms with van der Waals surface area (Å²) < 4.78 is 5.55. The van der Waals surface area contributed by atoms with E-state index in [-0.39, 0.29) is 12.5 Å². The first kappa shape index (κ1) is 13.7. The number of fused-ring (bicyclic) bond motifs is 1. The minimum Gasteiger partial charge on any atom is -0.481 e. The summed E-state index contributed by atoms with van der Waals surface area (Å²) in [6, 6.07) is 5.76. The van der Waals surface area contributed by atoms with Gasteiger partial charge in [-0.2, -0.15) is 0 Å². The summed E-state index contributed by atoms with van der Waals surface area (Å²) in [5.74, 6) is 1.08. The SMILES string of the molecule is O=C1COc2c(CC3CCN(C(=O)O)CC3)cccc2N1. The predicted molar refractivity (Wildman–Crippen MR) is 76.6 cm³/mol. The predicted octanol–water partition coefficient (Wildman–Crippen LogP) is 1.95. The number of anilines is 1. The quantitative estimate of drug-likeness (QED) is 0.872. The second-order valence-electron chi connectivity index (χ2n) is 5.55. The van der Waals surface area contributed by atoms with Crippen LogP contribution in [0.1, 0.15) is 18.4 Å². The number of piperidine rings is 1. The van der Waals surface area contributed by atoms with Crippen LogP contribution in [0.5, 0.6) is 5.75 Å². The summed E-state index contributed by atoms with van der Waals surface area (Å²) in [6.45, 7) is 1.24. The number of rotatable bonds is 2. The van der Waals surface area contributed by atoms with Gasteiger partial charge in [-0.25, -0.2) is 4.79 Å². The molecule has 2 aliphatic heterocycles. The van der Waals surface area contributed by atoms with Crippen molar-refractivity contribution in [3.8, 4) is 5.75 Å². The zero-order chi connectivity index (χ0) is 14.8. The summed E-state index contributed by atoms with van der Waals surface area (Å²) in [4.78, 5) is 23.7. The van der Waals surface area contributed by atoms with Crippen LogP contribution in [-0.4, -0.2) is 41.7 Å². The fourth-order valence-corrected chi connectivity index (χ4v) is 2.98. The molecule has 3 rings (SSSR count). The molecule has 2 N–H and O–H groups in total. The first-order chi connectivity index (χ1) is 10.1. The second kappa shape index (κ2) is 5.63. The average Bonchev–Trinajstić information content (AvgIpc) is 2.47. The van der Waals surface area contributed by atoms with E-state index in [1.54, 1.807) is 0 Å². The van der Waals surface area contributed by atoms with E-state index in [4.69, 9.17) is 9.84 Å². The monoisotopic (exact) mass is 290 g/mol. The number of hydrogen-bond acceptors (Lipinski definition) is 3. The number of para-hydroxylation sites is 1. The molecule has 112 valence electrons. The first-order valence-electron chi connectivity index (χ1n) is 7.16. The molecular weight excluding hydrogens is 272 g/mol. The molecule has 1 aromatic rings. The highest BCUT2D eigenvalue weighted by atomic mass is 16.5. The molecular formula is C15H18N2O4. The molecule has 6 nitrogen and oxygen atoms in total. The number of carbonyl (C=O) groups excluding carboxylic acids is 1. The number of carbonyl (C=O) groups is 2. The number of benzene rings is 1. The normalized spacial score (nSPS) is 18.7. The van der Waals surface area contributed by atoms with Crippen LogP contribution in [0.15, 0.2) is 18.2 Å². The topological polar surface area (TPSA) is 78.9 Å². The maximum absolute atomic E-state index is 11.3. The van der Waals surface area contributed by atoms with Crippen LogP contribution in [-0.2, 0) is 11.2 Å². The summed E-state index contributed by atoms with van der Waals surface area (Å²) >= 11 is 0. The van der Waals surface area contributed by atoms with Crippen LogP contribution in [0.4, 0.5) is 10.5 Å². The molecule has 0 aromatic heterocycles. The van der Waals surface area contributed by atoms with Crippen LogP contribution in [0.2, 0.25) is 0 Å². The molecule has 0 aliphatic carbocycles. The number of nitrogens with zero attached hydrogens (tertiary/aromatic N) is 1. The van der Waals surface area contributed by atoms with Gasteiger partial charge in [-0.3, -0.25) is 4.79 Å². The van der Waals surface area contributed by atoms with Gasteiger partial charge in [-0.05, 0) is 36.8 Å². The molecule has 2 aliphatic rings. The molecule has 6 heteroatoms. The summed E-state index contributed by atoms with van der Waals surface area (Å²) in [7, 11) is 0. The third-order valence-corrected chi connectivity index (χ3v) is 4.11. The fourth-order valence-electron chi connectivity index (χ4n) is 2.98. The third kappa shape index (κ3) is 2.94. The molecule has 0 bridgehead atoms. The van der Waals surface area contributed by atoms with Gasteiger partial charge in [0.05, 0.1) is 5.69 Å². The Morgan fingerprint density at radius 1 is 1.38 bits per heavy atom. The van der Waals surface area contributed by atoms with E-state index < -0.39 is 6.09 Å². The lowest BCUT2D eigenvalue weighted by molar-refractivity contribution is -0.118. The Labute approximate surface area is 122 Å². The number of ether oxygens (including phenoxy) is 1. The van der Waals surface area contributed by atoms with E-state index in [0.29, 0.717) is 19.0 Å². The molecule has 1 saturated heterocycles. The standard InChI is InChI=1S/C15H18N2O4/c18-13-9-21-14-11(2-1-3-12(14)16-13)8-10-4-6-17(7-5-10)15(19)20/h1-3,10H,4-9H2,(H,16,18)(H,19,20). The average molecular weight is 290 g/mol. The number of likely N-dealkylation sites (tertiary alicyclic amines) is 1. The van der Waals surface area contributed by atoms with Gasteiger partial charge in [0.25, 0.3) is 5.91 Å². The summed E-state index contributed by atoms with van der Waals surface area (Å²) in [5.41, 5.74) is 1.81. The van der Waals surface area contributed by atoms with E-state index in [1.807, 2.05) is 18.2 Å². The smallest absolute Gasteiger partial charge is 0.407 e. The molecule has 0 atom stereocenters. The highest BCUT2D eigenvalue weighted by molar-refractivity contribution is 5.95. The molecule has 2 heterocycles. The lowest BCUT2D eigenvalue weighted by Gasteiger charge is -2.30. The lowest BCUT2D eigenvalue weighted by atomic mass is 9.89. The Morgan fingerprint density at radius 2 is 2.14 bits per heavy atom. The largest absolute Gasteiger partial charge is 0.481 e. The third-order valence-electron chi connectivity index (χ3n) is 4.11. The van der Waals surface area contributed by atoms with Gasteiger partial charge in [-0.1, -0.05) is 12.1 Å². The first-order valence-corrected chi connectivity index (χ1v) is 7.16. The molecule has 21 heavy (non-hydrogen) atoms. The van der Waals surface area contributed by atoms with E-state index in [2.05, 4.69) is 5.32 Å². The van der Waals surface area contributed by atoms with Gasteiger partial charge < -0.3 is 20.1 Å². The lowest BCUT2D eigenvalue weighted by Crippen LogP contribution is -2.38. The minimum atomic E-state index is -0.836. The maximum Gasteiger partial charge on any atom is 0.407 e. The van der Waals surface area contributed by atoms with Crippen LogP contribution >= 0.6 is 0 Å². The second-order valence-corrected chi connectivity index (χ2v) is 5.55. The molecule has 1 aromatic carbocycles.